The Kier molecular flexibility index (Phi) is 5.00. The van der Waals surface area contributed by atoms with Crippen LogP contribution in [-0.2, 0) is 10.0 Å². The molecule has 0 saturated carbocycles. The number of sulfonamides is 1. The minimum atomic E-state index is -3.53. The van der Waals surface area contributed by atoms with Crippen molar-refractivity contribution in [1.82, 2.24) is 4.31 Å². The molecule has 0 N–H and O–H groups in total. The number of benzene rings is 1. The maximum Gasteiger partial charge on any atom is 0.246 e. The largest absolute Gasteiger partial charge is 0.495 e. The molecule has 2 atom stereocenters. The van der Waals surface area contributed by atoms with E-state index in [4.69, 9.17) is 4.74 Å². The van der Waals surface area contributed by atoms with Gasteiger partial charge in [-0.2, -0.15) is 4.31 Å². The van der Waals surface area contributed by atoms with Crippen LogP contribution in [0.15, 0.2) is 21.5 Å². The summed E-state index contributed by atoms with van der Waals surface area (Å²) in [6, 6.07) is 3.40. The summed E-state index contributed by atoms with van der Waals surface area (Å²) in [4.78, 5) is 0.240. The Morgan fingerprint density at radius 1 is 1.24 bits per heavy atom. The molecule has 1 heterocycles. The molecule has 1 aromatic carbocycles. The molecule has 0 aliphatic carbocycles. The Morgan fingerprint density at radius 3 is 2.33 bits per heavy atom. The van der Waals surface area contributed by atoms with Gasteiger partial charge < -0.3 is 4.74 Å². The fourth-order valence-corrected chi connectivity index (χ4v) is 5.28. The normalized spacial score (nSPS) is 24.0. The molecule has 0 radical (unpaired) electrons. The van der Waals surface area contributed by atoms with E-state index in [1.807, 2.05) is 6.92 Å². The van der Waals surface area contributed by atoms with Gasteiger partial charge >= 0.3 is 0 Å². The predicted octanol–water partition coefficient (Wildman–Crippen LogP) is 3.43. The molecule has 1 saturated heterocycles. The second-order valence-electron chi connectivity index (χ2n) is 6.02. The van der Waals surface area contributed by atoms with E-state index >= 15 is 0 Å². The number of rotatable bonds is 3. The molecule has 21 heavy (non-hydrogen) atoms. The molecule has 2 rings (SSSR count). The fourth-order valence-electron chi connectivity index (χ4n) is 2.94. The molecule has 4 nitrogen and oxygen atoms in total. The Bertz CT molecular complexity index is 620. The van der Waals surface area contributed by atoms with Gasteiger partial charge in [0, 0.05) is 17.6 Å². The van der Waals surface area contributed by atoms with Gasteiger partial charge in [-0.1, -0.05) is 29.8 Å². The lowest BCUT2D eigenvalue weighted by Gasteiger charge is -2.34. The van der Waals surface area contributed by atoms with Crippen molar-refractivity contribution in [3.8, 4) is 5.75 Å². The van der Waals surface area contributed by atoms with E-state index in [1.54, 1.807) is 16.4 Å². The van der Waals surface area contributed by atoms with Crippen molar-refractivity contribution >= 4 is 26.0 Å². The molecule has 0 spiro atoms. The highest BCUT2D eigenvalue weighted by Crippen LogP contribution is 2.34. The SMILES string of the molecule is COc1cc(C)c(Br)cc1S(=O)(=O)N1C[C@@H](C)C[C@H](C)C1. The van der Waals surface area contributed by atoms with Gasteiger partial charge in [-0.25, -0.2) is 8.42 Å². The van der Waals surface area contributed by atoms with E-state index in [9.17, 15) is 8.42 Å². The van der Waals surface area contributed by atoms with Crippen LogP contribution in [0.2, 0.25) is 0 Å². The standard InChI is InChI=1S/C15H22BrNO3S/c1-10-5-11(2)9-17(8-10)21(18,19)15-7-13(16)12(3)6-14(15)20-4/h6-7,10-11H,5,8-9H2,1-4H3/t10-,11-/m0/s1. The summed E-state index contributed by atoms with van der Waals surface area (Å²) in [7, 11) is -2.03. The van der Waals surface area contributed by atoms with Gasteiger partial charge in [0.15, 0.2) is 0 Å². The molecule has 0 bridgehead atoms. The highest BCUT2D eigenvalue weighted by atomic mass is 79.9. The third-order valence-corrected chi connectivity index (χ3v) is 6.61. The maximum absolute atomic E-state index is 12.9. The first-order chi connectivity index (χ1) is 9.75. The zero-order valence-corrected chi connectivity index (χ0v) is 15.3. The summed E-state index contributed by atoms with van der Waals surface area (Å²) in [5, 5.41) is 0. The van der Waals surface area contributed by atoms with Crippen LogP contribution >= 0.6 is 15.9 Å². The number of nitrogens with zero attached hydrogens (tertiary/aromatic N) is 1. The molecule has 118 valence electrons. The summed E-state index contributed by atoms with van der Waals surface area (Å²) in [6.07, 6.45) is 1.07. The van der Waals surface area contributed by atoms with Crippen molar-refractivity contribution in [3.63, 3.8) is 0 Å². The zero-order chi connectivity index (χ0) is 15.8. The van der Waals surface area contributed by atoms with E-state index in [2.05, 4.69) is 29.8 Å². The van der Waals surface area contributed by atoms with Crippen molar-refractivity contribution < 1.29 is 13.2 Å². The highest BCUT2D eigenvalue weighted by Gasteiger charge is 2.33. The van der Waals surface area contributed by atoms with Gasteiger partial charge in [-0.15, -0.1) is 0 Å². The Labute approximate surface area is 135 Å². The molecule has 0 unspecified atom stereocenters. The van der Waals surface area contributed by atoms with Crippen molar-refractivity contribution in [2.75, 3.05) is 20.2 Å². The summed E-state index contributed by atoms with van der Waals surface area (Å²) < 4.78 is 33.5. The van der Waals surface area contributed by atoms with Gasteiger partial charge in [0.2, 0.25) is 10.0 Å². The van der Waals surface area contributed by atoms with E-state index < -0.39 is 10.0 Å². The average Bonchev–Trinajstić information content (AvgIpc) is 2.40. The lowest BCUT2D eigenvalue weighted by molar-refractivity contribution is 0.222. The average molecular weight is 376 g/mol. The summed E-state index contributed by atoms with van der Waals surface area (Å²) in [5.41, 5.74) is 0.950. The second-order valence-corrected chi connectivity index (χ2v) is 8.78. The summed E-state index contributed by atoms with van der Waals surface area (Å²) >= 11 is 3.41. The molecule has 0 amide bonds. The van der Waals surface area contributed by atoms with Gasteiger partial charge in [0.1, 0.15) is 10.6 Å². The van der Waals surface area contributed by atoms with Crippen LogP contribution in [0.1, 0.15) is 25.8 Å². The van der Waals surface area contributed by atoms with Gasteiger partial charge in [0.25, 0.3) is 0 Å². The van der Waals surface area contributed by atoms with Crippen molar-refractivity contribution in [1.29, 1.82) is 0 Å². The highest BCUT2D eigenvalue weighted by molar-refractivity contribution is 9.10. The molecular formula is C15H22BrNO3S. The first-order valence-electron chi connectivity index (χ1n) is 7.10. The predicted molar refractivity (Wildman–Crippen MR) is 87.1 cm³/mol. The van der Waals surface area contributed by atoms with Crippen LogP contribution in [0.4, 0.5) is 0 Å². The summed E-state index contributed by atoms with van der Waals surface area (Å²) in [5.74, 6) is 1.16. The quantitative estimate of drug-likeness (QED) is 0.812. The minimum Gasteiger partial charge on any atom is -0.495 e. The topological polar surface area (TPSA) is 46.6 Å². The maximum atomic E-state index is 12.9. The number of hydrogen-bond donors (Lipinski definition) is 0. The lowest BCUT2D eigenvalue weighted by atomic mass is 9.94. The van der Waals surface area contributed by atoms with Crippen molar-refractivity contribution in [2.24, 2.45) is 11.8 Å². The number of halogens is 1. The second kappa shape index (κ2) is 6.26. The Balaban J connectivity index is 2.46. The fraction of sp³-hybridized carbons (Fsp3) is 0.600. The Morgan fingerprint density at radius 2 is 1.81 bits per heavy atom. The number of ether oxygens (including phenoxy) is 1. The summed E-state index contributed by atoms with van der Waals surface area (Å²) in [6.45, 7) is 7.25. The third-order valence-electron chi connectivity index (χ3n) is 3.90. The van der Waals surface area contributed by atoms with Crippen LogP contribution in [0, 0.1) is 18.8 Å². The smallest absolute Gasteiger partial charge is 0.246 e. The third kappa shape index (κ3) is 3.43. The molecule has 0 aromatic heterocycles. The lowest BCUT2D eigenvalue weighted by Crippen LogP contribution is -2.42. The minimum absolute atomic E-state index is 0.240. The molecule has 1 aromatic rings. The molecular weight excluding hydrogens is 354 g/mol. The molecule has 1 aliphatic heterocycles. The van der Waals surface area contributed by atoms with Crippen LogP contribution in [0.25, 0.3) is 0 Å². The van der Waals surface area contributed by atoms with Crippen LogP contribution in [0.5, 0.6) is 5.75 Å². The number of methoxy groups -OCH3 is 1. The van der Waals surface area contributed by atoms with Crippen molar-refractivity contribution in [2.45, 2.75) is 32.1 Å². The van der Waals surface area contributed by atoms with E-state index in [1.165, 1.54) is 7.11 Å². The number of aryl methyl sites for hydroxylation is 1. The van der Waals surface area contributed by atoms with Crippen LogP contribution in [0.3, 0.4) is 0 Å². The van der Waals surface area contributed by atoms with Crippen LogP contribution in [-0.4, -0.2) is 32.9 Å². The van der Waals surface area contributed by atoms with Crippen LogP contribution < -0.4 is 4.74 Å². The van der Waals surface area contributed by atoms with Gasteiger partial charge in [0.05, 0.1) is 7.11 Å². The monoisotopic (exact) mass is 375 g/mol. The van der Waals surface area contributed by atoms with Gasteiger partial charge in [-0.05, 0) is 42.9 Å². The van der Waals surface area contributed by atoms with E-state index in [0.29, 0.717) is 30.7 Å². The molecule has 1 fully saturated rings. The van der Waals surface area contributed by atoms with Crippen molar-refractivity contribution in [3.05, 3.63) is 22.2 Å². The first kappa shape index (κ1) is 16.8. The Hall–Kier alpha value is -0.590. The zero-order valence-electron chi connectivity index (χ0n) is 12.9. The number of hydrogen-bond acceptors (Lipinski definition) is 3. The van der Waals surface area contributed by atoms with E-state index in [-0.39, 0.29) is 4.90 Å². The van der Waals surface area contributed by atoms with E-state index in [0.717, 1.165) is 16.5 Å². The first-order valence-corrected chi connectivity index (χ1v) is 9.33. The molecule has 6 heteroatoms. The molecule has 1 aliphatic rings. The van der Waals surface area contributed by atoms with Gasteiger partial charge in [-0.3, -0.25) is 0 Å². The number of piperidine rings is 1.